The monoisotopic (exact) mass is 216 g/mol. The van der Waals surface area contributed by atoms with Crippen LogP contribution >= 0.6 is 31.9 Å². The summed E-state index contributed by atoms with van der Waals surface area (Å²) in [6.07, 6.45) is 0. The third kappa shape index (κ3) is 5.18. The van der Waals surface area contributed by atoms with E-state index < -0.39 is 0 Å². The third-order valence-corrected chi connectivity index (χ3v) is 3.98. The molecule has 0 saturated carbocycles. The third-order valence-electron chi connectivity index (χ3n) is 0.213. The SMILES string of the molecule is [SiH3]C(Br)CBr. The number of hydrogen-bond acceptors (Lipinski definition) is 0. The summed E-state index contributed by atoms with van der Waals surface area (Å²) in [6.45, 7) is 0. The lowest BCUT2D eigenvalue weighted by Crippen LogP contribution is -1.94. The van der Waals surface area contributed by atoms with Crippen molar-refractivity contribution in [2.75, 3.05) is 5.33 Å². The molecule has 0 amide bonds. The van der Waals surface area contributed by atoms with Gasteiger partial charge in [-0.1, -0.05) is 31.9 Å². The predicted molar refractivity (Wildman–Crippen MR) is 36.4 cm³/mol. The minimum absolute atomic E-state index is 0.752. The molecule has 0 nitrogen and oxygen atoms in total. The van der Waals surface area contributed by atoms with Crippen molar-refractivity contribution in [2.45, 2.75) is 4.45 Å². The van der Waals surface area contributed by atoms with Crippen LogP contribution in [0.25, 0.3) is 0 Å². The van der Waals surface area contributed by atoms with Gasteiger partial charge in [-0.05, 0) is 0 Å². The molecule has 32 valence electrons. The average molecular weight is 218 g/mol. The van der Waals surface area contributed by atoms with Gasteiger partial charge < -0.3 is 0 Å². The first kappa shape index (κ1) is 6.18. The lowest BCUT2D eigenvalue weighted by Gasteiger charge is -1.86. The fourth-order valence-corrected chi connectivity index (χ4v) is 0. The number of alkyl halides is 2. The summed E-state index contributed by atoms with van der Waals surface area (Å²) >= 11 is 6.69. The summed E-state index contributed by atoms with van der Waals surface area (Å²) in [6, 6.07) is 0. The molecule has 0 aliphatic heterocycles. The maximum Gasteiger partial charge on any atom is 0.0212 e. The van der Waals surface area contributed by atoms with Gasteiger partial charge in [-0.3, -0.25) is 0 Å². The first-order valence-electron chi connectivity index (χ1n) is 1.47. The Kier molecular flexibility index (Phi) is 4.16. The van der Waals surface area contributed by atoms with Gasteiger partial charge in [-0.25, -0.2) is 0 Å². The first-order valence-corrected chi connectivity index (χ1v) is 4.66. The summed E-state index contributed by atoms with van der Waals surface area (Å²) in [5.41, 5.74) is 0. The lowest BCUT2D eigenvalue weighted by atomic mass is 11.0. The molecule has 0 rings (SSSR count). The average Bonchev–Trinajstić information content (AvgIpc) is 1.38. The van der Waals surface area contributed by atoms with Gasteiger partial charge in [0.2, 0.25) is 0 Å². The molecule has 0 N–H and O–H groups in total. The summed E-state index contributed by atoms with van der Waals surface area (Å²) < 4.78 is 0.752. The van der Waals surface area contributed by atoms with Crippen LogP contribution in [-0.2, 0) is 0 Å². The van der Waals surface area contributed by atoms with E-state index >= 15 is 0 Å². The number of rotatable bonds is 1. The maximum atomic E-state index is 3.39. The van der Waals surface area contributed by atoms with Crippen molar-refractivity contribution in [1.29, 1.82) is 0 Å². The summed E-state index contributed by atoms with van der Waals surface area (Å²) in [4.78, 5) is 0. The molecule has 0 fully saturated rings. The van der Waals surface area contributed by atoms with Gasteiger partial charge >= 0.3 is 0 Å². The van der Waals surface area contributed by atoms with Crippen molar-refractivity contribution in [3.8, 4) is 0 Å². The van der Waals surface area contributed by atoms with Crippen LogP contribution in [0, 0.1) is 0 Å². The van der Waals surface area contributed by atoms with Crippen LogP contribution in [0.2, 0.25) is 0 Å². The Balaban J connectivity index is 2.54. The summed E-state index contributed by atoms with van der Waals surface area (Å²) in [5, 5.41) is 1.10. The minimum Gasteiger partial charge on any atom is -0.0927 e. The molecule has 0 bridgehead atoms. The standard InChI is InChI=1S/C2H6Br2Si/c3-1-2(4)5/h2H,1H2,5H3. The van der Waals surface area contributed by atoms with Crippen molar-refractivity contribution < 1.29 is 0 Å². The van der Waals surface area contributed by atoms with E-state index in [1.165, 1.54) is 10.2 Å². The zero-order valence-corrected chi connectivity index (χ0v) is 8.21. The number of halogens is 2. The molecule has 1 atom stereocenters. The predicted octanol–water partition coefficient (Wildman–Crippen LogP) is 0.468. The van der Waals surface area contributed by atoms with E-state index in [1.54, 1.807) is 0 Å². The van der Waals surface area contributed by atoms with E-state index in [2.05, 4.69) is 31.9 Å². The van der Waals surface area contributed by atoms with E-state index in [-0.39, 0.29) is 0 Å². The first-order chi connectivity index (χ1) is 2.27. The molecule has 0 spiro atoms. The second kappa shape index (κ2) is 3.37. The van der Waals surface area contributed by atoms with Crippen molar-refractivity contribution in [3.63, 3.8) is 0 Å². The van der Waals surface area contributed by atoms with Crippen molar-refractivity contribution in [1.82, 2.24) is 0 Å². The second-order valence-corrected chi connectivity index (χ2v) is 6.23. The second-order valence-electron chi connectivity index (χ2n) is 0.935. The van der Waals surface area contributed by atoms with Gasteiger partial charge in [0, 0.05) is 20.0 Å². The topological polar surface area (TPSA) is 0 Å². The molecule has 1 unspecified atom stereocenters. The summed E-state index contributed by atoms with van der Waals surface area (Å²) in [7, 11) is 1.24. The smallest absolute Gasteiger partial charge is 0.0212 e. The molecule has 0 aliphatic carbocycles. The molecule has 0 aromatic heterocycles. The molecule has 0 heterocycles. The summed E-state index contributed by atoms with van der Waals surface area (Å²) in [5.74, 6) is 0. The fraction of sp³-hybridized carbons (Fsp3) is 1.00. The Morgan fingerprint density at radius 1 is 1.80 bits per heavy atom. The van der Waals surface area contributed by atoms with Crippen LogP contribution in [0.5, 0.6) is 0 Å². The largest absolute Gasteiger partial charge is 0.0927 e. The highest BCUT2D eigenvalue weighted by Gasteiger charge is 1.84. The Hall–Kier alpha value is 1.18. The molecule has 0 aliphatic rings. The zero-order chi connectivity index (χ0) is 4.28. The van der Waals surface area contributed by atoms with Gasteiger partial charge in [0.15, 0.2) is 0 Å². The maximum absolute atomic E-state index is 3.39. The molecular formula is C2H6Br2Si. The number of hydrogen-bond donors (Lipinski definition) is 0. The highest BCUT2D eigenvalue weighted by Crippen LogP contribution is 1.95. The Morgan fingerprint density at radius 2 is 2.00 bits per heavy atom. The molecule has 5 heavy (non-hydrogen) atoms. The van der Waals surface area contributed by atoms with Crippen LogP contribution in [-0.4, -0.2) is 20.0 Å². The van der Waals surface area contributed by atoms with E-state index in [9.17, 15) is 0 Å². The van der Waals surface area contributed by atoms with Crippen LogP contribution in [0.15, 0.2) is 0 Å². The van der Waals surface area contributed by atoms with Gasteiger partial charge in [0.25, 0.3) is 0 Å². The van der Waals surface area contributed by atoms with Gasteiger partial charge in [0.1, 0.15) is 0 Å². The molecule has 0 aromatic carbocycles. The van der Waals surface area contributed by atoms with Crippen molar-refractivity contribution in [3.05, 3.63) is 0 Å². The highest BCUT2D eigenvalue weighted by molar-refractivity contribution is 9.12. The minimum atomic E-state index is 0.752. The van der Waals surface area contributed by atoms with Crippen LogP contribution in [0.4, 0.5) is 0 Å². The van der Waals surface area contributed by atoms with E-state index in [4.69, 9.17) is 0 Å². The van der Waals surface area contributed by atoms with Crippen LogP contribution in [0.1, 0.15) is 0 Å². The van der Waals surface area contributed by atoms with E-state index in [0.717, 1.165) is 9.78 Å². The Bertz CT molecular complexity index is 21.6. The molecule has 0 aromatic rings. The van der Waals surface area contributed by atoms with Crippen molar-refractivity contribution >= 4 is 42.1 Å². The van der Waals surface area contributed by atoms with Crippen LogP contribution in [0.3, 0.4) is 0 Å². The van der Waals surface area contributed by atoms with E-state index in [0.29, 0.717) is 0 Å². The molecule has 0 saturated heterocycles. The molecule has 3 heteroatoms. The molecular weight excluding hydrogens is 212 g/mol. The Labute approximate surface area is 52.0 Å². The lowest BCUT2D eigenvalue weighted by molar-refractivity contribution is 1.48. The van der Waals surface area contributed by atoms with E-state index in [1.807, 2.05) is 0 Å². The fourth-order valence-electron chi connectivity index (χ4n) is 0. The van der Waals surface area contributed by atoms with Gasteiger partial charge in [-0.15, -0.1) is 0 Å². The zero-order valence-electron chi connectivity index (χ0n) is 3.04. The normalized spacial score (nSPS) is 15.6. The van der Waals surface area contributed by atoms with Gasteiger partial charge in [0.05, 0.1) is 0 Å². The van der Waals surface area contributed by atoms with Crippen molar-refractivity contribution in [2.24, 2.45) is 0 Å². The highest BCUT2D eigenvalue weighted by atomic mass is 79.9. The quantitative estimate of drug-likeness (QED) is 0.443. The Morgan fingerprint density at radius 3 is 2.00 bits per heavy atom. The molecule has 0 radical (unpaired) electrons. The van der Waals surface area contributed by atoms with Crippen LogP contribution < -0.4 is 0 Å². The van der Waals surface area contributed by atoms with Gasteiger partial charge in [-0.2, -0.15) is 0 Å².